The van der Waals surface area contributed by atoms with Crippen LogP contribution in [-0.2, 0) is 0 Å². The van der Waals surface area contributed by atoms with Crippen molar-refractivity contribution in [2.45, 2.75) is 6.92 Å². The normalized spacial score (nSPS) is 9.81. The smallest absolute Gasteiger partial charge is 0.213 e. The Morgan fingerprint density at radius 2 is 2.00 bits per heavy atom. The second kappa shape index (κ2) is 7.44. The van der Waals surface area contributed by atoms with Crippen LogP contribution in [0.15, 0.2) is 42.6 Å². The highest BCUT2D eigenvalue weighted by Gasteiger charge is 2.05. The molecule has 0 saturated carbocycles. The molecule has 0 atom stereocenters. The number of methoxy groups -OCH3 is 1. The van der Waals surface area contributed by atoms with Crippen molar-refractivity contribution in [3.63, 3.8) is 0 Å². The molecule has 1 heterocycles. The maximum Gasteiger partial charge on any atom is 0.213 e. The summed E-state index contributed by atoms with van der Waals surface area (Å²) in [5.41, 5.74) is 1.60. The molecule has 6 heteroatoms. The van der Waals surface area contributed by atoms with E-state index in [1.807, 2.05) is 37.3 Å². The number of anilines is 2. The van der Waals surface area contributed by atoms with Crippen LogP contribution >= 0.6 is 12.2 Å². The molecule has 110 valence electrons. The highest BCUT2D eigenvalue weighted by atomic mass is 32.1. The molecule has 5 nitrogen and oxygen atoms in total. The summed E-state index contributed by atoms with van der Waals surface area (Å²) < 4.78 is 10.5. The van der Waals surface area contributed by atoms with Crippen LogP contribution in [0.2, 0.25) is 0 Å². The number of para-hydroxylation sites is 2. The zero-order valence-corrected chi connectivity index (χ0v) is 12.7. The third-order valence-electron chi connectivity index (χ3n) is 2.64. The Balaban J connectivity index is 2.01. The second-order valence-corrected chi connectivity index (χ2v) is 4.51. The van der Waals surface area contributed by atoms with E-state index in [0.717, 1.165) is 17.1 Å². The van der Waals surface area contributed by atoms with Crippen LogP contribution in [0.1, 0.15) is 6.92 Å². The molecule has 0 bridgehead atoms. The van der Waals surface area contributed by atoms with Crippen molar-refractivity contribution in [3.8, 4) is 11.6 Å². The molecule has 1 aromatic carbocycles. The molecule has 0 aliphatic carbocycles. The molecular formula is C15H17N3O2S. The lowest BCUT2D eigenvalue weighted by atomic mass is 10.3. The van der Waals surface area contributed by atoms with Crippen LogP contribution in [0, 0.1) is 0 Å². The maximum atomic E-state index is 5.54. The van der Waals surface area contributed by atoms with Crippen LogP contribution in [0.25, 0.3) is 0 Å². The lowest BCUT2D eigenvalue weighted by Gasteiger charge is -2.14. The quantitative estimate of drug-likeness (QED) is 0.827. The maximum absolute atomic E-state index is 5.54. The van der Waals surface area contributed by atoms with Crippen molar-refractivity contribution in [2.24, 2.45) is 0 Å². The number of aromatic nitrogens is 1. The van der Waals surface area contributed by atoms with E-state index >= 15 is 0 Å². The van der Waals surface area contributed by atoms with E-state index in [4.69, 9.17) is 21.7 Å². The number of rotatable bonds is 5. The summed E-state index contributed by atoms with van der Waals surface area (Å²) in [4.78, 5) is 4.11. The molecule has 0 fully saturated rings. The Morgan fingerprint density at radius 1 is 1.19 bits per heavy atom. The van der Waals surface area contributed by atoms with Crippen molar-refractivity contribution in [2.75, 3.05) is 24.4 Å². The molecule has 0 aliphatic rings. The van der Waals surface area contributed by atoms with E-state index in [0.29, 0.717) is 17.6 Å². The third-order valence-corrected chi connectivity index (χ3v) is 2.84. The number of hydrogen-bond acceptors (Lipinski definition) is 4. The van der Waals surface area contributed by atoms with Gasteiger partial charge in [0.25, 0.3) is 0 Å². The highest BCUT2D eigenvalue weighted by molar-refractivity contribution is 7.80. The number of pyridine rings is 1. The molecular weight excluding hydrogens is 286 g/mol. The van der Waals surface area contributed by atoms with Crippen molar-refractivity contribution in [1.82, 2.24) is 4.98 Å². The molecule has 2 N–H and O–H groups in total. The van der Waals surface area contributed by atoms with Crippen molar-refractivity contribution < 1.29 is 9.47 Å². The summed E-state index contributed by atoms with van der Waals surface area (Å²) in [6.45, 7) is 2.54. The molecule has 21 heavy (non-hydrogen) atoms. The monoisotopic (exact) mass is 303 g/mol. The molecule has 0 amide bonds. The molecule has 0 radical (unpaired) electrons. The van der Waals surface area contributed by atoms with Gasteiger partial charge in [-0.05, 0) is 37.3 Å². The van der Waals surface area contributed by atoms with E-state index < -0.39 is 0 Å². The number of benzene rings is 1. The number of nitrogens with one attached hydrogen (secondary N) is 2. The number of nitrogens with zero attached hydrogens (tertiary/aromatic N) is 1. The zero-order valence-electron chi connectivity index (χ0n) is 11.9. The van der Waals surface area contributed by atoms with Crippen LogP contribution in [-0.4, -0.2) is 23.8 Å². The predicted octanol–water partition coefficient (Wildman–Crippen LogP) is 3.30. The molecule has 1 aromatic heterocycles. The minimum atomic E-state index is 0.467. The Hall–Kier alpha value is -2.34. The van der Waals surface area contributed by atoms with Crippen molar-refractivity contribution >= 4 is 28.7 Å². The summed E-state index contributed by atoms with van der Waals surface area (Å²) in [5, 5.41) is 6.63. The summed E-state index contributed by atoms with van der Waals surface area (Å²) in [6.07, 6.45) is 1.65. The Morgan fingerprint density at radius 3 is 2.67 bits per heavy atom. The Kier molecular flexibility index (Phi) is 5.34. The SMILES string of the molecule is CCOc1ccccc1NC(=S)Nc1ccc(OC)nc1. The van der Waals surface area contributed by atoms with Crippen molar-refractivity contribution in [3.05, 3.63) is 42.6 Å². The standard InChI is InChI=1S/C15H17N3O2S/c1-3-20-13-7-5-4-6-12(13)18-15(21)17-11-8-9-14(19-2)16-10-11/h4-10H,3H2,1-2H3,(H2,17,18,21). The molecule has 0 spiro atoms. The van der Waals surface area contributed by atoms with Crippen LogP contribution in [0.5, 0.6) is 11.6 Å². The average molecular weight is 303 g/mol. The van der Waals surface area contributed by atoms with Gasteiger partial charge in [0.1, 0.15) is 5.75 Å². The van der Waals surface area contributed by atoms with Gasteiger partial charge in [0.15, 0.2) is 5.11 Å². The summed E-state index contributed by atoms with van der Waals surface area (Å²) in [6, 6.07) is 11.2. The Labute approximate surface area is 129 Å². The van der Waals surface area contributed by atoms with E-state index in [1.165, 1.54) is 0 Å². The molecule has 0 unspecified atom stereocenters. The number of hydrogen-bond donors (Lipinski definition) is 2. The van der Waals surface area contributed by atoms with Crippen LogP contribution in [0.3, 0.4) is 0 Å². The van der Waals surface area contributed by atoms with Gasteiger partial charge in [0, 0.05) is 6.07 Å². The van der Waals surface area contributed by atoms with Gasteiger partial charge < -0.3 is 20.1 Å². The number of ether oxygens (including phenoxy) is 2. The second-order valence-electron chi connectivity index (χ2n) is 4.10. The van der Waals surface area contributed by atoms with Crippen LogP contribution < -0.4 is 20.1 Å². The average Bonchev–Trinajstić information content (AvgIpc) is 2.50. The minimum Gasteiger partial charge on any atom is -0.492 e. The van der Waals surface area contributed by atoms with Crippen molar-refractivity contribution in [1.29, 1.82) is 0 Å². The van der Waals surface area contributed by atoms with Gasteiger partial charge in [0.05, 0.1) is 31.3 Å². The summed E-state index contributed by atoms with van der Waals surface area (Å²) in [5.74, 6) is 1.32. The first-order valence-electron chi connectivity index (χ1n) is 6.52. The van der Waals surface area contributed by atoms with Gasteiger partial charge in [-0.3, -0.25) is 0 Å². The highest BCUT2D eigenvalue weighted by Crippen LogP contribution is 2.23. The molecule has 2 rings (SSSR count). The molecule has 0 saturated heterocycles. The topological polar surface area (TPSA) is 55.4 Å². The van der Waals surface area contributed by atoms with E-state index in [9.17, 15) is 0 Å². The van der Waals surface area contributed by atoms with Gasteiger partial charge in [-0.15, -0.1) is 0 Å². The fourth-order valence-electron chi connectivity index (χ4n) is 1.71. The lowest BCUT2D eigenvalue weighted by molar-refractivity contribution is 0.342. The Bertz CT molecular complexity index is 602. The van der Waals surface area contributed by atoms with Crippen LogP contribution in [0.4, 0.5) is 11.4 Å². The minimum absolute atomic E-state index is 0.467. The lowest BCUT2D eigenvalue weighted by Crippen LogP contribution is -2.19. The number of thiocarbonyl (C=S) groups is 1. The third kappa shape index (κ3) is 4.32. The first-order valence-corrected chi connectivity index (χ1v) is 6.93. The van der Waals surface area contributed by atoms with E-state index in [-0.39, 0.29) is 0 Å². The summed E-state index contributed by atoms with van der Waals surface area (Å²) in [7, 11) is 1.58. The largest absolute Gasteiger partial charge is 0.492 e. The fourth-order valence-corrected chi connectivity index (χ4v) is 1.94. The first-order chi connectivity index (χ1) is 10.2. The first kappa shape index (κ1) is 15.1. The molecule has 0 aliphatic heterocycles. The van der Waals surface area contributed by atoms with Gasteiger partial charge in [0.2, 0.25) is 5.88 Å². The van der Waals surface area contributed by atoms with Gasteiger partial charge >= 0.3 is 0 Å². The molecule has 2 aromatic rings. The fraction of sp³-hybridized carbons (Fsp3) is 0.200. The summed E-state index contributed by atoms with van der Waals surface area (Å²) >= 11 is 5.29. The predicted molar refractivity (Wildman–Crippen MR) is 88.2 cm³/mol. The van der Waals surface area contributed by atoms with Gasteiger partial charge in [-0.2, -0.15) is 0 Å². The van der Waals surface area contributed by atoms with Gasteiger partial charge in [-0.1, -0.05) is 12.1 Å². The zero-order chi connectivity index (χ0) is 15.1. The van der Waals surface area contributed by atoms with Gasteiger partial charge in [-0.25, -0.2) is 4.98 Å². The van der Waals surface area contributed by atoms with E-state index in [2.05, 4.69) is 15.6 Å². The van der Waals surface area contributed by atoms with E-state index in [1.54, 1.807) is 19.4 Å².